The fourth-order valence-corrected chi connectivity index (χ4v) is 3.72. The zero-order valence-corrected chi connectivity index (χ0v) is 16.2. The van der Waals surface area contributed by atoms with Crippen LogP contribution in [0.2, 0.25) is 0 Å². The van der Waals surface area contributed by atoms with E-state index in [0.717, 1.165) is 29.2 Å². The van der Waals surface area contributed by atoms with Crippen LogP contribution in [-0.2, 0) is 26.4 Å². The zero-order valence-electron chi connectivity index (χ0n) is 16.2. The van der Waals surface area contributed by atoms with Crippen molar-refractivity contribution in [1.82, 2.24) is 34.2 Å². The van der Waals surface area contributed by atoms with Crippen molar-refractivity contribution in [2.45, 2.75) is 19.4 Å². The highest BCUT2D eigenvalue weighted by Gasteiger charge is 2.22. The Morgan fingerprint density at radius 1 is 1.10 bits per heavy atom. The SMILES string of the molecule is Cn1cnc2cc(C(=O)N3CCc4nc(Cc5ccccc5)nn4CC3)cnc21. The van der Waals surface area contributed by atoms with Crippen molar-refractivity contribution in [2.75, 3.05) is 13.1 Å². The topological polar surface area (TPSA) is 81.7 Å². The van der Waals surface area contributed by atoms with Crippen molar-refractivity contribution >= 4 is 17.1 Å². The van der Waals surface area contributed by atoms with Crippen LogP contribution in [0.1, 0.15) is 27.6 Å². The predicted molar refractivity (Wildman–Crippen MR) is 107 cm³/mol. The van der Waals surface area contributed by atoms with E-state index < -0.39 is 0 Å². The minimum absolute atomic E-state index is 0.0275. The summed E-state index contributed by atoms with van der Waals surface area (Å²) >= 11 is 0. The molecule has 8 heteroatoms. The molecule has 8 nitrogen and oxygen atoms in total. The molecule has 0 saturated carbocycles. The van der Waals surface area contributed by atoms with Gasteiger partial charge in [-0.2, -0.15) is 5.10 Å². The lowest BCUT2D eigenvalue weighted by molar-refractivity contribution is 0.0758. The lowest BCUT2D eigenvalue weighted by Crippen LogP contribution is -2.33. The molecule has 0 radical (unpaired) electrons. The van der Waals surface area contributed by atoms with E-state index in [0.29, 0.717) is 31.6 Å². The van der Waals surface area contributed by atoms with Crippen LogP contribution in [0.3, 0.4) is 0 Å². The Morgan fingerprint density at radius 3 is 2.83 bits per heavy atom. The second-order valence-corrected chi connectivity index (χ2v) is 7.29. The van der Waals surface area contributed by atoms with Gasteiger partial charge in [0.05, 0.1) is 18.4 Å². The Bertz CT molecular complexity index is 1150. The highest BCUT2D eigenvalue weighted by molar-refractivity contribution is 5.96. The zero-order chi connectivity index (χ0) is 19.8. The molecule has 0 atom stereocenters. The summed E-state index contributed by atoms with van der Waals surface area (Å²) in [5.41, 5.74) is 3.26. The first-order chi connectivity index (χ1) is 14.2. The molecule has 0 N–H and O–H groups in total. The molecule has 1 amide bonds. The summed E-state index contributed by atoms with van der Waals surface area (Å²) in [6, 6.07) is 12.0. The molecular weight excluding hydrogens is 366 g/mol. The summed E-state index contributed by atoms with van der Waals surface area (Å²) < 4.78 is 3.78. The van der Waals surface area contributed by atoms with E-state index in [4.69, 9.17) is 4.98 Å². The van der Waals surface area contributed by atoms with E-state index >= 15 is 0 Å². The first-order valence-electron chi connectivity index (χ1n) is 9.70. The van der Waals surface area contributed by atoms with E-state index in [1.54, 1.807) is 12.5 Å². The van der Waals surface area contributed by atoms with Crippen LogP contribution < -0.4 is 0 Å². The Morgan fingerprint density at radius 2 is 1.97 bits per heavy atom. The summed E-state index contributed by atoms with van der Waals surface area (Å²) in [5, 5.41) is 4.66. The van der Waals surface area contributed by atoms with Gasteiger partial charge in [0.2, 0.25) is 0 Å². The molecule has 1 aliphatic heterocycles. The molecule has 1 aromatic carbocycles. The molecule has 4 aromatic rings. The number of aryl methyl sites for hydroxylation is 1. The number of hydrogen-bond acceptors (Lipinski definition) is 5. The third-order valence-corrected chi connectivity index (χ3v) is 5.27. The molecule has 0 aliphatic carbocycles. The smallest absolute Gasteiger partial charge is 0.255 e. The first kappa shape index (κ1) is 17.5. The lowest BCUT2D eigenvalue weighted by atomic mass is 10.1. The average Bonchev–Trinajstić information content (AvgIpc) is 3.25. The number of hydrogen-bond donors (Lipinski definition) is 0. The highest BCUT2D eigenvalue weighted by Crippen LogP contribution is 2.15. The van der Waals surface area contributed by atoms with Crippen LogP contribution in [-0.4, -0.2) is 53.2 Å². The maximum Gasteiger partial charge on any atom is 0.255 e. The van der Waals surface area contributed by atoms with Crippen molar-refractivity contribution in [3.8, 4) is 0 Å². The Labute approximate surface area is 167 Å². The van der Waals surface area contributed by atoms with E-state index in [-0.39, 0.29) is 5.91 Å². The third kappa shape index (κ3) is 3.37. The molecule has 29 heavy (non-hydrogen) atoms. The normalized spacial score (nSPS) is 14.0. The minimum atomic E-state index is -0.0275. The number of imidazole rings is 1. The molecule has 146 valence electrons. The Balaban J connectivity index is 1.30. The average molecular weight is 387 g/mol. The van der Waals surface area contributed by atoms with E-state index in [9.17, 15) is 4.79 Å². The highest BCUT2D eigenvalue weighted by atomic mass is 16.2. The van der Waals surface area contributed by atoms with Crippen molar-refractivity contribution in [2.24, 2.45) is 7.05 Å². The lowest BCUT2D eigenvalue weighted by Gasteiger charge is -2.19. The van der Waals surface area contributed by atoms with E-state index in [1.165, 1.54) is 5.56 Å². The second kappa shape index (κ2) is 7.12. The standard InChI is InChI=1S/C21H21N7O/c1-26-14-23-17-12-16(13-22-20(17)26)21(29)27-8-7-19-24-18(25-28(19)10-9-27)11-15-5-3-2-4-6-15/h2-6,12-14H,7-11H2,1H3. The minimum Gasteiger partial charge on any atom is -0.336 e. The van der Waals surface area contributed by atoms with Crippen LogP contribution in [0.5, 0.6) is 0 Å². The first-order valence-corrected chi connectivity index (χ1v) is 9.70. The van der Waals surface area contributed by atoms with Crippen LogP contribution in [0.25, 0.3) is 11.2 Å². The monoisotopic (exact) mass is 387 g/mol. The molecule has 0 saturated heterocycles. The summed E-state index contributed by atoms with van der Waals surface area (Å²) in [6.45, 7) is 1.85. The van der Waals surface area contributed by atoms with E-state index in [2.05, 4.69) is 27.2 Å². The third-order valence-electron chi connectivity index (χ3n) is 5.27. The molecule has 0 unspecified atom stereocenters. The maximum atomic E-state index is 13.0. The molecule has 4 heterocycles. The molecule has 0 spiro atoms. The fourth-order valence-electron chi connectivity index (χ4n) is 3.72. The summed E-state index contributed by atoms with van der Waals surface area (Å²) in [5.74, 6) is 1.74. The molecular formula is C21H21N7O. The van der Waals surface area contributed by atoms with Crippen molar-refractivity contribution in [3.63, 3.8) is 0 Å². The summed E-state index contributed by atoms with van der Waals surface area (Å²) in [7, 11) is 1.89. The van der Waals surface area contributed by atoms with Gasteiger partial charge >= 0.3 is 0 Å². The summed E-state index contributed by atoms with van der Waals surface area (Å²) in [4.78, 5) is 28.2. The number of pyridine rings is 1. The number of amides is 1. The number of carbonyl (C=O) groups excluding carboxylic acids is 1. The van der Waals surface area contributed by atoms with Gasteiger partial charge in [0.25, 0.3) is 5.91 Å². The fraction of sp³-hybridized carbons (Fsp3) is 0.286. The van der Waals surface area contributed by atoms with Gasteiger partial charge in [0, 0.05) is 39.2 Å². The van der Waals surface area contributed by atoms with Gasteiger partial charge in [0.15, 0.2) is 11.5 Å². The van der Waals surface area contributed by atoms with Gasteiger partial charge in [0.1, 0.15) is 11.3 Å². The summed E-state index contributed by atoms with van der Waals surface area (Å²) in [6.07, 6.45) is 4.74. The van der Waals surface area contributed by atoms with Crippen LogP contribution in [0.4, 0.5) is 0 Å². The number of benzene rings is 1. The van der Waals surface area contributed by atoms with Crippen molar-refractivity contribution in [1.29, 1.82) is 0 Å². The quantitative estimate of drug-likeness (QED) is 0.536. The molecule has 1 aliphatic rings. The van der Waals surface area contributed by atoms with Gasteiger partial charge in [-0.05, 0) is 11.6 Å². The number of aromatic nitrogens is 6. The van der Waals surface area contributed by atoms with Gasteiger partial charge in [-0.1, -0.05) is 30.3 Å². The van der Waals surface area contributed by atoms with Gasteiger partial charge in [-0.15, -0.1) is 0 Å². The number of nitrogens with zero attached hydrogens (tertiary/aromatic N) is 7. The molecule has 5 rings (SSSR count). The maximum absolute atomic E-state index is 13.0. The Kier molecular flexibility index (Phi) is 4.31. The van der Waals surface area contributed by atoms with Crippen LogP contribution >= 0.6 is 0 Å². The largest absolute Gasteiger partial charge is 0.336 e. The van der Waals surface area contributed by atoms with Crippen molar-refractivity contribution in [3.05, 3.63) is 71.7 Å². The number of rotatable bonds is 3. The predicted octanol–water partition coefficient (Wildman–Crippen LogP) is 1.85. The van der Waals surface area contributed by atoms with Gasteiger partial charge in [-0.25, -0.2) is 19.6 Å². The molecule has 0 bridgehead atoms. The van der Waals surface area contributed by atoms with E-state index in [1.807, 2.05) is 45.5 Å². The number of carbonyl (C=O) groups is 1. The number of fused-ring (bicyclic) bond motifs is 2. The van der Waals surface area contributed by atoms with Crippen molar-refractivity contribution < 1.29 is 4.79 Å². The Hall–Kier alpha value is -3.55. The van der Waals surface area contributed by atoms with Crippen LogP contribution in [0, 0.1) is 0 Å². The van der Waals surface area contributed by atoms with Gasteiger partial charge < -0.3 is 9.47 Å². The molecule has 3 aromatic heterocycles. The van der Waals surface area contributed by atoms with Gasteiger partial charge in [-0.3, -0.25) is 4.79 Å². The van der Waals surface area contributed by atoms with Crippen LogP contribution in [0.15, 0.2) is 48.9 Å². The second-order valence-electron chi connectivity index (χ2n) is 7.29. The molecule has 0 fully saturated rings.